The van der Waals surface area contributed by atoms with Crippen LogP contribution in [0.5, 0.6) is 0 Å². The Hall–Kier alpha value is -2.21. The molecule has 1 rings (SSSR count). The number of nitrogens with zero attached hydrogens (tertiary/aromatic N) is 1. The zero-order chi connectivity index (χ0) is 17.3. The van der Waals surface area contributed by atoms with Crippen LogP contribution in [0, 0.1) is 0 Å². The van der Waals surface area contributed by atoms with Crippen LogP contribution < -0.4 is 10.9 Å². The molecule has 0 aliphatic heterocycles. The van der Waals surface area contributed by atoms with E-state index in [2.05, 4.69) is 10.5 Å². The molecular weight excluding hydrogens is 294 g/mol. The molecule has 0 aliphatic rings. The van der Waals surface area contributed by atoms with Gasteiger partial charge < -0.3 is 0 Å². The van der Waals surface area contributed by atoms with Crippen LogP contribution in [0.3, 0.4) is 0 Å². The SMILES string of the molecule is CC.O=C(CCCCCCC(=O)N/N=C/c1ccccc1)NO. The lowest BCUT2D eigenvalue weighted by molar-refractivity contribution is -0.129. The highest BCUT2D eigenvalue weighted by molar-refractivity contribution is 5.82. The summed E-state index contributed by atoms with van der Waals surface area (Å²) in [6, 6.07) is 9.52. The molecule has 0 aromatic heterocycles. The molecule has 0 aliphatic carbocycles. The Morgan fingerprint density at radius 2 is 1.57 bits per heavy atom. The van der Waals surface area contributed by atoms with Gasteiger partial charge >= 0.3 is 0 Å². The second kappa shape index (κ2) is 14.7. The highest BCUT2D eigenvalue weighted by Crippen LogP contribution is 2.05. The molecule has 0 radical (unpaired) electrons. The summed E-state index contributed by atoms with van der Waals surface area (Å²) in [5.74, 6) is -0.488. The van der Waals surface area contributed by atoms with Crippen molar-refractivity contribution in [3.63, 3.8) is 0 Å². The number of unbranched alkanes of at least 4 members (excludes halogenated alkanes) is 3. The molecule has 0 unspecified atom stereocenters. The maximum atomic E-state index is 11.5. The van der Waals surface area contributed by atoms with Crippen LogP contribution in [0.1, 0.15) is 57.9 Å². The van der Waals surface area contributed by atoms with Gasteiger partial charge in [-0.3, -0.25) is 14.8 Å². The Morgan fingerprint density at radius 1 is 1.00 bits per heavy atom. The van der Waals surface area contributed by atoms with Crippen LogP contribution in [0.15, 0.2) is 35.4 Å². The van der Waals surface area contributed by atoms with Gasteiger partial charge in [-0.15, -0.1) is 0 Å². The first kappa shape index (κ1) is 20.8. The van der Waals surface area contributed by atoms with E-state index in [9.17, 15) is 9.59 Å². The summed E-state index contributed by atoms with van der Waals surface area (Å²) >= 11 is 0. The van der Waals surface area contributed by atoms with E-state index in [-0.39, 0.29) is 11.8 Å². The number of carbonyl (C=O) groups is 2. The van der Waals surface area contributed by atoms with Crippen LogP contribution in [0.2, 0.25) is 0 Å². The molecule has 3 N–H and O–H groups in total. The Kier molecular flexibility index (Phi) is 13.3. The lowest BCUT2D eigenvalue weighted by Crippen LogP contribution is -2.18. The molecule has 6 heteroatoms. The van der Waals surface area contributed by atoms with Gasteiger partial charge in [-0.25, -0.2) is 10.9 Å². The molecule has 128 valence electrons. The molecule has 0 saturated carbocycles. The maximum Gasteiger partial charge on any atom is 0.243 e. The van der Waals surface area contributed by atoms with Crippen molar-refractivity contribution in [2.24, 2.45) is 5.10 Å². The molecule has 1 aromatic rings. The van der Waals surface area contributed by atoms with Gasteiger partial charge in [0.1, 0.15) is 0 Å². The highest BCUT2D eigenvalue weighted by Gasteiger charge is 2.01. The minimum Gasteiger partial charge on any atom is -0.289 e. The molecule has 0 bridgehead atoms. The molecule has 0 fully saturated rings. The molecule has 0 spiro atoms. The largest absolute Gasteiger partial charge is 0.289 e. The van der Waals surface area contributed by atoms with Crippen LogP contribution in [0.25, 0.3) is 0 Å². The average Bonchev–Trinajstić information content (AvgIpc) is 2.60. The number of rotatable bonds is 9. The lowest BCUT2D eigenvalue weighted by atomic mass is 10.1. The number of benzene rings is 1. The summed E-state index contributed by atoms with van der Waals surface area (Å²) in [6.07, 6.45) is 5.52. The smallest absolute Gasteiger partial charge is 0.243 e. The van der Waals surface area contributed by atoms with Gasteiger partial charge in [-0.05, 0) is 18.4 Å². The molecule has 0 heterocycles. The van der Waals surface area contributed by atoms with Gasteiger partial charge in [0, 0.05) is 12.8 Å². The fourth-order valence-electron chi connectivity index (χ4n) is 1.75. The Balaban J connectivity index is 0.00000232. The van der Waals surface area contributed by atoms with Crippen molar-refractivity contribution < 1.29 is 14.8 Å². The minimum absolute atomic E-state index is 0.115. The van der Waals surface area contributed by atoms with Crippen molar-refractivity contribution in [2.45, 2.75) is 52.4 Å². The molecule has 2 amide bonds. The highest BCUT2D eigenvalue weighted by atomic mass is 16.5. The third-order valence-electron chi connectivity index (χ3n) is 2.88. The van der Waals surface area contributed by atoms with E-state index in [1.807, 2.05) is 44.2 Å². The van der Waals surface area contributed by atoms with Crippen LogP contribution in [-0.2, 0) is 9.59 Å². The van der Waals surface area contributed by atoms with Crippen LogP contribution in [0.4, 0.5) is 0 Å². The quantitative estimate of drug-likeness (QED) is 0.282. The maximum absolute atomic E-state index is 11.5. The van der Waals surface area contributed by atoms with Crippen LogP contribution in [-0.4, -0.2) is 23.2 Å². The van der Waals surface area contributed by atoms with Gasteiger partial charge in [0.2, 0.25) is 11.8 Å². The first-order valence-corrected chi connectivity index (χ1v) is 8.02. The second-order valence-electron chi connectivity index (χ2n) is 4.65. The lowest BCUT2D eigenvalue weighted by Gasteiger charge is -2.01. The standard InChI is InChI=1S/C15H21N3O3.C2H6/c19-14(10-6-1-2-7-11-15(20)18-21)17-16-12-13-8-4-3-5-9-13;1-2/h3-5,8-9,12,21H,1-2,6-7,10-11H2,(H,17,19)(H,18,20);1-2H3/b16-12+;. The zero-order valence-corrected chi connectivity index (χ0v) is 13.9. The normalized spacial score (nSPS) is 9.87. The van der Waals surface area contributed by atoms with E-state index in [4.69, 9.17) is 5.21 Å². The van der Waals surface area contributed by atoms with E-state index < -0.39 is 0 Å². The second-order valence-corrected chi connectivity index (χ2v) is 4.65. The molecule has 0 saturated heterocycles. The molecule has 23 heavy (non-hydrogen) atoms. The third kappa shape index (κ3) is 12.1. The average molecular weight is 321 g/mol. The van der Waals surface area contributed by atoms with Gasteiger partial charge in [0.15, 0.2) is 0 Å². The number of hydroxylamine groups is 1. The van der Waals surface area contributed by atoms with E-state index >= 15 is 0 Å². The fourth-order valence-corrected chi connectivity index (χ4v) is 1.75. The van der Waals surface area contributed by atoms with E-state index in [0.717, 1.165) is 24.8 Å². The van der Waals surface area contributed by atoms with Gasteiger partial charge in [-0.2, -0.15) is 5.10 Å². The van der Waals surface area contributed by atoms with E-state index in [1.165, 1.54) is 0 Å². The number of hydrazone groups is 1. The number of hydrogen-bond acceptors (Lipinski definition) is 4. The number of carbonyl (C=O) groups excluding carboxylic acids is 2. The van der Waals surface area contributed by atoms with E-state index in [1.54, 1.807) is 11.7 Å². The Bertz CT molecular complexity index is 461. The first-order chi connectivity index (χ1) is 11.2. The first-order valence-electron chi connectivity index (χ1n) is 8.02. The van der Waals surface area contributed by atoms with Crippen molar-refractivity contribution in [3.8, 4) is 0 Å². The summed E-state index contributed by atoms with van der Waals surface area (Å²) in [7, 11) is 0. The topological polar surface area (TPSA) is 90.8 Å². The molecule has 1 aromatic carbocycles. The minimum atomic E-state index is -0.372. The molecular formula is C17H27N3O3. The Morgan fingerprint density at radius 3 is 2.13 bits per heavy atom. The monoisotopic (exact) mass is 321 g/mol. The zero-order valence-electron chi connectivity index (χ0n) is 13.9. The van der Waals surface area contributed by atoms with E-state index in [0.29, 0.717) is 19.3 Å². The fraction of sp³-hybridized carbons (Fsp3) is 0.471. The van der Waals surface area contributed by atoms with Crippen molar-refractivity contribution in [1.82, 2.24) is 10.9 Å². The van der Waals surface area contributed by atoms with Gasteiger partial charge in [0.05, 0.1) is 6.21 Å². The summed E-state index contributed by atoms with van der Waals surface area (Å²) in [5.41, 5.74) is 5.01. The third-order valence-corrected chi connectivity index (χ3v) is 2.88. The predicted octanol–water partition coefficient (Wildman–Crippen LogP) is 3.01. The molecule has 0 atom stereocenters. The van der Waals surface area contributed by atoms with Crippen LogP contribution >= 0.6 is 0 Å². The predicted molar refractivity (Wildman–Crippen MR) is 91.2 cm³/mol. The summed E-state index contributed by atoms with van der Waals surface area (Å²) in [4.78, 5) is 22.2. The summed E-state index contributed by atoms with van der Waals surface area (Å²) in [5, 5.41) is 12.2. The van der Waals surface area contributed by atoms with Gasteiger partial charge in [0.25, 0.3) is 0 Å². The number of hydrogen-bond donors (Lipinski definition) is 3. The van der Waals surface area contributed by atoms with Crippen molar-refractivity contribution in [1.29, 1.82) is 0 Å². The van der Waals surface area contributed by atoms with Crippen molar-refractivity contribution >= 4 is 18.0 Å². The number of nitrogens with one attached hydrogen (secondary N) is 2. The van der Waals surface area contributed by atoms with Crippen molar-refractivity contribution in [2.75, 3.05) is 0 Å². The molecule has 6 nitrogen and oxygen atoms in total. The summed E-state index contributed by atoms with van der Waals surface area (Å²) < 4.78 is 0. The Labute approximate surface area is 137 Å². The van der Waals surface area contributed by atoms with Crippen molar-refractivity contribution in [3.05, 3.63) is 35.9 Å². The number of amides is 2. The van der Waals surface area contributed by atoms with Gasteiger partial charge in [-0.1, -0.05) is 57.0 Å². The summed E-state index contributed by atoms with van der Waals surface area (Å²) in [6.45, 7) is 4.00.